The fraction of sp³-hybridized carbons (Fsp3) is 0.429. The minimum absolute atomic E-state index is 0.0193. The molecule has 2 nitrogen and oxygen atoms in total. The first-order chi connectivity index (χ1) is 11.0. The van der Waals surface area contributed by atoms with Crippen molar-refractivity contribution in [1.29, 1.82) is 0 Å². The molecule has 2 heteroatoms. The molecule has 0 aliphatic heterocycles. The molecule has 1 fully saturated rings. The highest BCUT2D eigenvalue weighted by atomic mass is 16.3. The van der Waals surface area contributed by atoms with Gasteiger partial charge in [-0.1, -0.05) is 51.0 Å². The van der Waals surface area contributed by atoms with Crippen LogP contribution >= 0.6 is 0 Å². The molecule has 0 aromatic heterocycles. The smallest absolute Gasteiger partial charge is 0.115 e. The highest BCUT2D eigenvalue weighted by molar-refractivity contribution is 5.43. The molecular weight excluding hydrogens is 284 g/mol. The van der Waals surface area contributed by atoms with Gasteiger partial charge in [0.05, 0.1) is 0 Å². The van der Waals surface area contributed by atoms with Crippen LogP contribution in [0.25, 0.3) is 0 Å². The maximum Gasteiger partial charge on any atom is 0.115 e. The highest BCUT2D eigenvalue weighted by Crippen LogP contribution is 2.49. The number of hydrogen-bond acceptors (Lipinski definition) is 2. The van der Waals surface area contributed by atoms with E-state index in [-0.39, 0.29) is 5.41 Å². The Hall–Kier alpha value is -1.96. The summed E-state index contributed by atoms with van der Waals surface area (Å²) in [5.41, 5.74) is 2.52. The molecule has 1 atom stereocenters. The maximum absolute atomic E-state index is 9.65. The van der Waals surface area contributed by atoms with Crippen LogP contribution in [0.2, 0.25) is 0 Å². The Kier molecular flexibility index (Phi) is 4.34. The van der Waals surface area contributed by atoms with Crippen molar-refractivity contribution in [3.05, 3.63) is 59.7 Å². The molecule has 0 amide bonds. The molecule has 122 valence electrons. The van der Waals surface area contributed by atoms with Crippen molar-refractivity contribution in [1.82, 2.24) is 0 Å². The fourth-order valence-corrected chi connectivity index (χ4v) is 4.14. The molecule has 2 N–H and O–H groups in total. The van der Waals surface area contributed by atoms with Gasteiger partial charge in [-0.15, -0.1) is 0 Å². The number of benzene rings is 2. The summed E-state index contributed by atoms with van der Waals surface area (Å²) >= 11 is 0. The lowest BCUT2D eigenvalue weighted by Gasteiger charge is -2.43. The monoisotopic (exact) mass is 310 g/mol. The summed E-state index contributed by atoms with van der Waals surface area (Å²) in [6.45, 7) is 4.63. The van der Waals surface area contributed by atoms with Gasteiger partial charge in [0.2, 0.25) is 0 Å². The van der Waals surface area contributed by atoms with E-state index in [1.807, 2.05) is 0 Å². The number of aromatic hydroxyl groups is 2. The molecule has 1 aliphatic carbocycles. The van der Waals surface area contributed by atoms with E-state index in [0.29, 0.717) is 23.3 Å². The van der Waals surface area contributed by atoms with Crippen LogP contribution in [0.1, 0.15) is 50.7 Å². The zero-order valence-corrected chi connectivity index (χ0v) is 14.0. The summed E-state index contributed by atoms with van der Waals surface area (Å²) in [6.07, 6.45) is 4.74. The Bertz CT molecular complexity index is 595. The van der Waals surface area contributed by atoms with Gasteiger partial charge in [-0.05, 0) is 60.1 Å². The third-order valence-corrected chi connectivity index (χ3v) is 5.57. The van der Waals surface area contributed by atoms with Gasteiger partial charge in [0.1, 0.15) is 11.5 Å². The lowest BCUT2D eigenvalue weighted by molar-refractivity contribution is 0.207. The molecule has 23 heavy (non-hydrogen) atoms. The average Bonchev–Trinajstić information content (AvgIpc) is 2.56. The van der Waals surface area contributed by atoms with E-state index in [9.17, 15) is 10.2 Å². The summed E-state index contributed by atoms with van der Waals surface area (Å²) in [5.74, 6) is 1.99. The van der Waals surface area contributed by atoms with Crippen molar-refractivity contribution in [2.45, 2.75) is 44.9 Å². The van der Waals surface area contributed by atoms with E-state index in [1.54, 1.807) is 24.3 Å². The predicted octanol–water partition coefficient (Wildman–Crippen LogP) is 5.23. The first-order valence-electron chi connectivity index (χ1n) is 8.60. The van der Waals surface area contributed by atoms with Crippen molar-refractivity contribution in [3.8, 4) is 11.5 Å². The second-order valence-corrected chi connectivity index (χ2v) is 7.28. The number of hydrogen-bond donors (Lipinski definition) is 2. The third kappa shape index (κ3) is 3.08. The first kappa shape index (κ1) is 15.9. The molecule has 2 aromatic rings. The van der Waals surface area contributed by atoms with Crippen molar-refractivity contribution in [2.75, 3.05) is 0 Å². The number of phenols is 2. The average molecular weight is 310 g/mol. The Morgan fingerprint density at radius 3 is 1.78 bits per heavy atom. The van der Waals surface area contributed by atoms with E-state index < -0.39 is 0 Å². The Morgan fingerprint density at radius 1 is 0.870 bits per heavy atom. The molecule has 0 heterocycles. The van der Waals surface area contributed by atoms with E-state index in [4.69, 9.17) is 0 Å². The zero-order valence-electron chi connectivity index (χ0n) is 14.0. The van der Waals surface area contributed by atoms with Gasteiger partial charge in [-0.3, -0.25) is 0 Å². The van der Waals surface area contributed by atoms with Crippen molar-refractivity contribution >= 4 is 0 Å². The predicted molar refractivity (Wildman–Crippen MR) is 93.8 cm³/mol. The van der Waals surface area contributed by atoms with Crippen LogP contribution in [0.3, 0.4) is 0 Å². The van der Waals surface area contributed by atoms with Crippen molar-refractivity contribution < 1.29 is 10.2 Å². The zero-order chi connectivity index (χ0) is 16.4. The van der Waals surface area contributed by atoms with Crippen LogP contribution in [0, 0.1) is 11.8 Å². The maximum atomic E-state index is 9.65. The SMILES string of the molecule is CC(C)C1CCCC(c2ccc(O)cc2)(c2ccc(O)cc2)C1. The molecule has 0 radical (unpaired) electrons. The summed E-state index contributed by atoms with van der Waals surface area (Å²) in [6, 6.07) is 15.4. The molecule has 0 spiro atoms. The normalized spacial score (nSPS) is 20.6. The quantitative estimate of drug-likeness (QED) is 0.815. The molecule has 1 saturated carbocycles. The van der Waals surface area contributed by atoms with Crippen LogP contribution in [0.4, 0.5) is 0 Å². The molecular formula is C21H26O2. The van der Waals surface area contributed by atoms with Gasteiger partial charge < -0.3 is 10.2 Å². The van der Waals surface area contributed by atoms with E-state index in [0.717, 1.165) is 12.8 Å². The Labute approximate surface area is 138 Å². The topological polar surface area (TPSA) is 40.5 Å². The summed E-state index contributed by atoms with van der Waals surface area (Å²) in [7, 11) is 0. The molecule has 1 aliphatic rings. The molecule has 0 bridgehead atoms. The van der Waals surface area contributed by atoms with Gasteiger partial charge in [-0.2, -0.15) is 0 Å². The van der Waals surface area contributed by atoms with Crippen LogP contribution in [0.5, 0.6) is 11.5 Å². The van der Waals surface area contributed by atoms with Gasteiger partial charge in [-0.25, -0.2) is 0 Å². The van der Waals surface area contributed by atoms with Crippen LogP contribution < -0.4 is 0 Å². The van der Waals surface area contributed by atoms with E-state index in [1.165, 1.54) is 24.0 Å². The Balaban J connectivity index is 2.09. The van der Waals surface area contributed by atoms with Crippen molar-refractivity contribution in [2.24, 2.45) is 11.8 Å². The largest absolute Gasteiger partial charge is 0.508 e. The fourth-order valence-electron chi connectivity index (χ4n) is 4.14. The lowest BCUT2D eigenvalue weighted by Crippen LogP contribution is -2.35. The van der Waals surface area contributed by atoms with Crippen LogP contribution in [-0.2, 0) is 5.41 Å². The number of phenolic OH excluding ortho intramolecular Hbond substituents is 2. The van der Waals surface area contributed by atoms with Crippen LogP contribution in [0.15, 0.2) is 48.5 Å². The lowest BCUT2D eigenvalue weighted by atomic mass is 9.60. The van der Waals surface area contributed by atoms with Crippen molar-refractivity contribution in [3.63, 3.8) is 0 Å². The molecule has 3 rings (SSSR count). The van der Waals surface area contributed by atoms with Gasteiger partial charge in [0.15, 0.2) is 0 Å². The van der Waals surface area contributed by atoms with Gasteiger partial charge >= 0.3 is 0 Å². The molecule has 2 aromatic carbocycles. The minimum atomic E-state index is -0.0193. The van der Waals surface area contributed by atoms with Gasteiger partial charge in [0, 0.05) is 5.41 Å². The van der Waals surface area contributed by atoms with E-state index >= 15 is 0 Å². The number of rotatable bonds is 3. The van der Waals surface area contributed by atoms with Gasteiger partial charge in [0.25, 0.3) is 0 Å². The van der Waals surface area contributed by atoms with E-state index in [2.05, 4.69) is 38.1 Å². The Morgan fingerprint density at radius 2 is 1.35 bits per heavy atom. The van der Waals surface area contributed by atoms with Crippen LogP contribution in [-0.4, -0.2) is 10.2 Å². The third-order valence-electron chi connectivity index (χ3n) is 5.57. The molecule has 1 unspecified atom stereocenters. The standard InChI is InChI=1S/C21H26O2/c1-15(2)16-4-3-13-21(14-16,17-5-9-19(22)10-6-17)18-7-11-20(23)12-8-18/h5-12,15-16,22-23H,3-4,13-14H2,1-2H3. The first-order valence-corrected chi connectivity index (χ1v) is 8.60. The summed E-state index contributed by atoms with van der Waals surface area (Å²) in [5, 5.41) is 19.3. The second-order valence-electron chi connectivity index (χ2n) is 7.28. The minimum Gasteiger partial charge on any atom is -0.508 e. The summed E-state index contributed by atoms with van der Waals surface area (Å²) in [4.78, 5) is 0. The molecule has 0 saturated heterocycles. The second kappa shape index (κ2) is 6.27. The highest BCUT2D eigenvalue weighted by Gasteiger charge is 2.40. The summed E-state index contributed by atoms with van der Waals surface area (Å²) < 4.78 is 0.